The molecule has 0 bridgehead atoms. The SMILES string of the molecule is NCC[C@]1(COP(=O)(O)OP(=O)(O)OP(=O)(O)O)O[C@@H](n2cnc3c(N)ncnc32)[C@H](F)[C@@H]1O. The number of rotatable bonds is 10. The fraction of sp³-hybridized carbons (Fsp3) is 0.583. The van der Waals surface area contributed by atoms with Crippen molar-refractivity contribution in [2.45, 2.75) is 30.5 Å². The van der Waals surface area contributed by atoms with Crippen molar-refractivity contribution in [1.29, 1.82) is 0 Å². The summed E-state index contributed by atoms with van der Waals surface area (Å²) in [5.74, 6) is -0.0152. The van der Waals surface area contributed by atoms with Crippen molar-refractivity contribution in [3.05, 3.63) is 12.7 Å². The Hall–Kier alpha value is -1.43. The Morgan fingerprint density at radius 2 is 1.82 bits per heavy atom. The molecule has 1 aliphatic rings. The molecular formula is C12H20FN6O12P3. The minimum absolute atomic E-state index is 0.0152. The van der Waals surface area contributed by atoms with Gasteiger partial charge < -0.3 is 40.9 Å². The lowest BCUT2D eigenvalue weighted by atomic mass is 9.93. The molecule has 0 aliphatic carbocycles. The van der Waals surface area contributed by atoms with E-state index in [2.05, 4.69) is 28.1 Å². The second-order valence-electron chi connectivity index (χ2n) is 6.95. The fourth-order valence-corrected chi connectivity index (χ4v) is 6.30. The van der Waals surface area contributed by atoms with Crippen LogP contribution in [0.3, 0.4) is 0 Å². The van der Waals surface area contributed by atoms with Crippen LogP contribution in [0.5, 0.6) is 0 Å². The maximum absolute atomic E-state index is 15.1. The van der Waals surface area contributed by atoms with Crippen LogP contribution in [0.1, 0.15) is 12.6 Å². The van der Waals surface area contributed by atoms with Gasteiger partial charge in [0.1, 0.15) is 23.5 Å². The average Bonchev–Trinajstić information content (AvgIpc) is 3.20. The number of aliphatic hydroxyl groups excluding tert-OH is 1. The van der Waals surface area contributed by atoms with Crippen LogP contribution in [0.25, 0.3) is 11.2 Å². The van der Waals surface area contributed by atoms with Gasteiger partial charge in [0.2, 0.25) is 0 Å². The van der Waals surface area contributed by atoms with Crippen LogP contribution in [0.4, 0.5) is 10.2 Å². The number of aliphatic hydroxyl groups is 1. The zero-order valence-electron chi connectivity index (χ0n) is 16.8. The van der Waals surface area contributed by atoms with Gasteiger partial charge in [-0.05, 0) is 13.0 Å². The first kappa shape index (κ1) is 27.2. The van der Waals surface area contributed by atoms with E-state index in [0.717, 1.165) is 17.2 Å². The number of nitrogens with two attached hydrogens (primary N) is 2. The number of imidazole rings is 1. The molecule has 34 heavy (non-hydrogen) atoms. The zero-order valence-corrected chi connectivity index (χ0v) is 19.4. The first-order valence-corrected chi connectivity index (χ1v) is 13.5. The molecule has 192 valence electrons. The van der Waals surface area contributed by atoms with Crippen LogP contribution in [0, 0.1) is 0 Å². The van der Waals surface area contributed by atoms with Crippen molar-refractivity contribution in [3.63, 3.8) is 0 Å². The Kier molecular flexibility index (Phi) is 7.63. The van der Waals surface area contributed by atoms with Gasteiger partial charge in [-0.25, -0.2) is 33.0 Å². The van der Waals surface area contributed by atoms with E-state index in [1.54, 1.807) is 0 Å². The number of phosphoric ester groups is 1. The molecule has 1 saturated heterocycles. The third kappa shape index (κ3) is 5.85. The molecule has 9 N–H and O–H groups in total. The molecule has 0 saturated carbocycles. The minimum atomic E-state index is -5.79. The first-order chi connectivity index (χ1) is 15.6. The van der Waals surface area contributed by atoms with E-state index < -0.39 is 54.2 Å². The largest absolute Gasteiger partial charge is 0.490 e. The topological polar surface area (TPSA) is 285 Å². The van der Waals surface area contributed by atoms with Crippen LogP contribution in [-0.4, -0.2) is 75.2 Å². The molecule has 2 aromatic rings. The van der Waals surface area contributed by atoms with Gasteiger partial charge in [-0.15, -0.1) is 0 Å². The molecule has 0 amide bonds. The van der Waals surface area contributed by atoms with E-state index in [1.807, 2.05) is 0 Å². The molecule has 22 heteroatoms. The van der Waals surface area contributed by atoms with Gasteiger partial charge in [0.15, 0.2) is 23.9 Å². The highest BCUT2D eigenvalue weighted by atomic mass is 31.3. The van der Waals surface area contributed by atoms with Gasteiger partial charge in [-0.1, -0.05) is 0 Å². The molecular weight excluding hydrogens is 532 g/mol. The maximum atomic E-state index is 15.1. The first-order valence-electron chi connectivity index (χ1n) is 9.01. The predicted molar refractivity (Wildman–Crippen MR) is 107 cm³/mol. The molecule has 0 aromatic carbocycles. The van der Waals surface area contributed by atoms with Crippen molar-refractivity contribution in [1.82, 2.24) is 19.5 Å². The standard InChI is InChI=1S/C12H20FN6O12P3/c13-6-8(20)12(1-2-14,3-28-33(24,25)31-34(26,27)30-32(21,22)23)29-11(6)19-5-18-7-9(15)16-4-17-10(7)19/h4-6,8,11,20H,1-3,14H2,(H,24,25)(H,26,27)(H2,15,16,17)(H2,21,22,23)/t6-,8+,11-,12-/m1/s1. The number of anilines is 1. The number of hydrogen-bond donors (Lipinski definition) is 7. The molecule has 1 fully saturated rings. The van der Waals surface area contributed by atoms with Crippen LogP contribution in [0.15, 0.2) is 12.7 Å². The number of hydrogen-bond acceptors (Lipinski definition) is 13. The molecule has 3 rings (SSSR count). The summed E-state index contributed by atoms with van der Waals surface area (Å²) in [5, 5.41) is 10.5. The summed E-state index contributed by atoms with van der Waals surface area (Å²) in [5.41, 5.74) is 9.27. The Labute approximate surface area is 189 Å². The third-order valence-electron chi connectivity index (χ3n) is 4.59. The molecule has 2 aromatic heterocycles. The highest BCUT2D eigenvalue weighted by molar-refractivity contribution is 7.66. The van der Waals surface area contributed by atoms with Crippen LogP contribution >= 0.6 is 23.5 Å². The molecule has 1 aliphatic heterocycles. The molecule has 0 spiro atoms. The van der Waals surface area contributed by atoms with Gasteiger partial charge in [0.25, 0.3) is 0 Å². The predicted octanol–water partition coefficient (Wildman–Crippen LogP) is -0.933. The average molecular weight is 552 g/mol. The lowest BCUT2D eigenvalue weighted by molar-refractivity contribution is -0.127. The van der Waals surface area contributed by atoms with Gasteiger partial charge in [-0.2, -0.15) is 8.62 Å². The van der Waals surface area contributed by atoms with Crippen molar-refractivity contribution in [3.8, 4) is 0 Å². The van der Waals surface area contributed by atoms with Crippen LogP contribution in [0.2, 0.25) is 0 Å². The number of aromatic nitrogens is 4. The minimum Gasteiger partial charge on any atom is -0.387 e. The maximum Gasteiger partial charge on any atom is 0.490 e. The second kappa shape index (κ2) is 9.55. The number of alkyl halides is 1. The zero-order chi connectivity index (χ0) is 25.5. The highest BCUT2D eigenvalue weighted by Crippen LogP contribution is 2.66. The van der Waals surface area contributed by atoms with Gasteiger partial charge in [0.05, 0.1) is 12.9 Å². The van der Waals surface area contributed by atoms with E-state index in [9.17, 15) is 28.6 Å². The number of phosphoric acid groups is 3. The third-order valence-corrected chi connectivity index (χ3v) is 8.37. The van der Waals surface area contributed by atoms with E-state index in [-0.39, 0.29) is 29.9 Å². The summed E-state index contributed by atoms with van der Waals surface area (Å²) in [4.78, 5) is 47.7. The Morgan fingerprint density at radius 1 is 1.15 bits per heavy atom. The highest BCUT2D eigenvalue weighted by Gasteiger charge is 2.57. The number of nitrogen functional groups attached to an aromatic ring is 1. The van der Waals surface area contributed by atoms with Crippen molar-refractivity contribution < 1.29 is 60.6 Å². The van der Waals surface area contributed by atoms with Gasteiger partial charge in [0, 0.05) is 0 Å². The molecule has 18 nitrogen and oxygen atoms in total. The number of halogens is 1. The summed E-state index contributed by atoms with van der Waals surface area (Å²) in [7, 11) is -17.0. The van der Waals surface area contributed by atoms with Crippen molar-refractivity contribution >= 4 is 40.4 Å². The summed E-state index contributed by atoms with van der Waals surface area (Å²) in [6, 6.07) is 0. The lowest BCUT2D eigenvalue weighted by Gasteiger charge is -2.31. The molecule has 0 radical (unpaired) electrons. The van der Waals surface area contributed by atoms with Gasteiger partial charge >= 0.3 is 23.5 Å². The number of nitrogens with zero attached hydrogens (tertiary/aromatic N) is 4. The summed E-state index contributed by atoms with van der Waals surface area (Å²) < 4.78 is 67.9. The van der Waals surface area contributed by atoms with Crippen LogP contribution < -0.4 is 11.5 Å². The molecule has 6 atom stereocenters. The summed E-state index contributed by atoms with van der Waals surface area (Å²) in [6.07, 6.45) is -3.93. The smallest absolute Gasteiger partial charge is 0.387 e. The second-order valence-corrected chi connectivity index (χ2v) is 11.4. The number of fused-ring (bicyclic) bond motifs is 1. The van der Waals surface area contributed by atoms with E-state index in [0.29, 0.717) is 0 Å². The van der Waals surface area contributed by atoms with E-state index in [4.69, 9.17) is 26.0 Å². The quantitative estimate of drug-likeness (QED) is 0.175. The Bertz CT molecular complexity index is 1190. The van der Waals surface area contributed by atoms with Crippen molar-refractivity contribution in [2.75, 3.05) is 18.9 Å². The Balaban J connectivity index is 1.83. The monoisotopic (exact) mass is 552 g/mol. The van der Waals surface area contributed by atoms with Crippen molar-refractivity contribution in [2.24, 2.45) is 5.73 Å². The summed E-state index contributed by atoms with van der Waals surface area (Å²) in [6.45, 7) is -1.36. The lowest BCUT2D eigenvalue weighted by Crippen LogP contribution is -2.47. The van der Waals surface area contributed by atoms with Gasteiger partial charge in [-0.3, -0.25) is 9.09 Å². The fourth-order valence-electron chi connectivity index (χ4n) is 3.22. The van der Waals surface area contributed by atoms with Crippen LogP contribution in [-0.2, 0) is 31.6 Å². The number of ether oxygens (including phenoxy) is 1. The normalized spacial score (nSPS) is 29.2. The summed E-state index contributed by atoms with van der Waals surface area (Å²) >= 11 is 0. The molecule has 2 unspecified atom stereocenters. The van der Waals surface area contributed by atoms with E-state index in [1.165, 1.54) is 0 Å². The van der Waals surface area contributed by atoms with E-state index >= 15 is 4.39 Å². The Morgan fingerprint density at radius 3 is 2.44 bits per heavy atom. The molecule has 3 heterocycles.